The van der Waals surface area contributed by atoms with E-state index in [4.69, 9.17) is 4.74 Å². The number of aromatic nitrogens is 1. The van der Waals surface area contributed by atoms with Crippen LogP contribution in [-0.4, -0.2) is 29.9 Å². The molecule has 42 heavy (non-hydrogen) atoms. The average molecular weight is 603 g/mol. The summed E-state index contributed by atoms with van der Waals surface area (Å²) in [7, 11) is -4.30. The summed E-state index contributed by atoms with van der Waals surface area (Å²) in [6, 6.07) is 17.6. The summed E-state index contributed by atoms with van der Waals surface area (Å²) >= 11 is 0. The summed E-state index contributed by atoms with van der Waals surface area (Å²) in [6.45, 7) is 3.83. The molecule has 11 heteroatoms. The molecule has 2 atom stereocenters. The zero-order chi connectivity index (χ0) is 30.5. The second kappa shape index (κ2) is 12.6. The quantitative estimate of drug-likeness (QED) is 0.238. The minimum atomic E-state index is -4.65. The van der Waals surface area contributed by atoms with Crippen molar-refractivity contribution in [3.05, 3.63) is 101 Å². The number of nitrogens with zero attached hydrogens (tertiary/aromatic N) is 1. The summed E-state index contributed by atoms with van der Waals surface area (Å²) < 4.78 is 72.7. The van der Waals surface area contributed by atoms with Crippen LogP contribution >= 0.6 is 0 Å². The Bertz CT molecular complexity index is 1540. The van der Waals surface area contributed by atoms with Gasteiger partial charge in [-0.2, -0.15) is 21.6 Å². The fourth-order valence-corrected chi connectivity index (χ4v) is 6.34. The van der Waals surface area contributed by atoms with Crippen LogP contribution < -0.4 is 4.72 Å². The van der Waals surface area contributed by atoms with Crippen LogP contribution in [0.15, 0.2) is 89.5 Å². The van der Waals surface area contributed by atoms with Crippen LogP contribution in [0, 0.1) is 0 Å². The molecular weight excluding hydrogens is 569 g/mol. The second-order valence-corrected chi connectivity index (χ2v) is 12.0. The monoisotopic (exact) mass is 602 g/mol. The molecule has 1 aromatic heterocycles. The highest BCUT2D eigenvalue weighted by molar-refractivity contribution is 7.92. The van der Waals surface area contributed by atoms with Gasteiger partial charge in [0, 0.05) is 17.8 Å². The molecule has 0 amide bonds. The van der Waals surface area contributed by atoms with Crippen molar-refractivity contribution in [2.24, 2.45) is 0 Å². The summed E-state index contributed by atoms with van der Waals surface area (Å²) in [5.41, 5.74) is 0.0252. The third-order valence-electron chi connectivity index (χ3n) is 7.38. The molecular formula is C31H33F3N2O5S. The van der Waals surface area contributed by atoms with Crippen molar-refractivity contribution in [3.8, 4) is 0 Å². The van der Waals surface area contributed by atoms with Gasteiger partial charge in [-0.25, -0.2) is 4.98 Å². The molecule has 0 saturated heterocycles. The van der Waals surface area contributed by atoms with Gasteiger partial charge in [-0.1, -0.05) is 62.7 Å². The van der Waals surface area contributed by atoms with Gasteiger partial charge >= 0.3 is 6.18 Å². The second-order valence-electron chi connectivity index (χ2n) is 10.4. The molecule has 1 unspecified atom stereocenters. The van der Waals surface area contributed by atoms with E-state index in [0.29, 0.717) is 43.5 Å². The number of aliphatic hydroxyl groups is 1. The average Bonchev–Trinajstić information content (AvgIpc) is 2.94. The van der Waals surface area contributed by atoms with Crippen molar-refractivity contribution in [3.63, 3.8) is 0 Å². The topological polar surface area (TPSA) is 106 Å². The van der Waals surface area contributed by atoms with Crippen LogP contribution in [-0.2, 0) is 32.2 Å². The molecule has 0 saturated carbocycles. The first-order chi connectivity index (χ1) is 19.9. The van der Waals surface area contributed by atoms with E-state index in [2.05, 4.69) is 9.71 Å². The highest BCUT2D eigenvalue weighted by Crippen LogP contribution is 2.42. The molecule has 0 fully saturated rings. The molecule has 0 aliphatic carbocycles. The number of halogens is 3. The molecule has 2 N–H and O–H groups in total. The molecule has 0 bridgehead atoms. The first-order valence-corrected chi connectivity index (χ1v) is 15.2. The van der Waals surface area contributed by atoms with Gasteiger partial charge in [0.25, 0.3) is 16.0 Å². The van der Waals surface area contributed by atoms with E-state index in [1.165, 1.54) is 12.1 Å². The molecule has 2 aromatic carbocycles. The van der Waals surface area contributed by atoms with E-state index in [9.17, 15) is 31.5 Å². The Morgan fingerprint density at radius 1 is 1.05 bits per heavy atom. The number of ketones is 1. The number of nitrogens with one attached hydrogen (secondary N) is 1. The zero-order valence-electron chi connectivity index (χ0n) is 23.3. The van der Waals surface area contributed by atoms with Crippen molar-refractivity contribution in [2.45, 2.75) is 75.1 Å². The molecule has 224 valence electrons. The fourth-order valence-electron chi connectivity index (χ4n) is 5.36. The summed E-state index contributed by atoms with van der Waals surface area (Å²) in [5, 5.41) is 10.5. The molecule has 4 rings (SSSR count). The number of carbonyl (C=O) groups is 1. The number of pyridine rings is 1. The molecule has 0 spiro atoms. The predicted octanol–water partition coefficient (Wildman–Crippen LogP) is 7.33. The Morgan fingerprint density at radius 3 is 2.38 bits per heavy atom. The Balaban J connectivity index is 1.57. The van der Waals surface area contributed by atoms with Gasteiger partial charge < -0.3 is 9.84 Å². The highest BCUT2D eigenvalue weighted by Gasteiger charge is 2.43. The number of hydrogen-bond donors (Lipinski definition) is 2. The van der Waals surface area contributed by atoms with Crippen LogP contribution in [0.4, 0.5) is 18.9 Å². The maximum Gasteiger partial charge on any atom is 0.417 e. The minimum Gasteiger partial charge on any atom is -0.481 e. The van der Waals surface area contributed by atoms with Gasteiger partial charge in [0.15, 0.2) is 10.8 Å². The lowest BCUT2D eigenvalue weighted by Crippen LogP contribution is -2.41. The number of aryl methyl sites for hydroxylation is 1. The van der Waals surface area contributed by atoms with Gasteiger partial charge in [-0.05, 0) is 61.1 Å². The fraction of sp³-hybridized carbons (Fsp3) is 0.355. The molecule has 3 aromatic rings. The van der Waals surface area contributed by atoms with Crippen molar-refractivity contribution >= 4 is 21.5 Å². The number of hydrogen-bond acceptors (Lipinski definition) is 6. The third-order valence-corrected chi connectivity index (χ3v) is 8.68. The Hall–Kier alpha value is -3.86. The van der Waals surface area contributed by atoms with E-state index in [1.54, 1.807) is 12.1 Å². The zero-order valence-corrected chi connectivity index (χ0v) is 24.1. The van der Waals surface area contributed by atoms with E-state index in [0.717, 1.165) is 18.1 Å². The Morgan fingerprint density at radius 2 is 1.79 bits per heavy atom. The van der Waals surface area contributed by atoms with Crippen molar-refractivity contribution in [1.29, 1.82) is 0 Å². The number of aliphatic hydroxyl groups excluding tert-OH is 1. The van der Waals surface area contributed by atoms with Gasteiger partial charge in [0.05, 0.1) is 17.6 Å². The number of Topliss-reactive ketones (excluding diaryl/α,β-unsaturated/α-hetero) is 1. The standard InChI is InChI=1S/C31H33F3N2O5S/c1-3-16-30(17-15-21-9-6-5-7-10-21)19-26(37)28(29(38)41-30)25(4-2)22-11-8-12-24(18-22)36-42(39,40)27-14-13-23(20-35-27)31(32,33)34/h5-14,18,20,25,36,38H,3-4,15-17,19H2,1-2H3/t25?,30-/m1/s1. The van der Waals surface area contributed by atoms with E-state index >= 15 is 0 Å². The van der Waals surface area contributed by atoms with Gasteiger partial charge in [0.1, 0.15) is 5.60 Å². The largest absolute Gasteiger partial charge is 0.481 e. The summed E-state index contributed by atoms with van der Waals surface area (Å²) in [6.07, 6.45) is -1.08. The molecule has 2 heterocycles. The lowest BCUT2D eigenvalue weighted by molar-refractivity contribution is -0.138. The smallest absolute Gasteiger partial charge is 0.417 e. The van der Waals surface area contributed by atoms with E-state index in [-0.39, 0.29) is 23.5 Å². The maximum atomic E-state index is 13.6. The summed E-state index contributed by atoms with van der Waals surface area (Å²) in [5.74, 6) is -1.23. The number of carbonyl (C=O) groups excluding carboxylic acids is 1. The Kier molecular flexibility index (Phi) is 9.30. The van der Waals surface area contributed by atoms with Crippen LogP contribution in [0.1, 0.15) is 68.6 Å². The van der Waals surface area contributed by atoms with Crippen LogP contribution in [0.2, 0.25) is 0 Å². The van der Waals surface area contributed by atoms with Gasteiger partial charge in [-0.15, -0.1) is 0 Å². The van der Waals surface area contributed by atoms with Crippen LogP contribution in [0.5, 0.6) is 0 Å². The predicted molar refractivity (Wildman–Crippen MR) is 152 cm³/mol. The third kappa shape index (κ3) is 7.13. The number of sulfonamides is 1. The molecule has 0 radical (unpaired) electrons. The summed E-state index contributed by atoms with van der Waals surface area (Å²) in [4.78, 5) is 17.1. The van der Waals surface area contributed by atoms with Crippen molar-refractivity contribution in [1.82, 2.24) is 4.98 Å². The molecule has 7 nitrogen and oxygen atoms in total. The number of anilines is 1. The minimum absolute atomic E-state index is 0.107. The SMILES string of the molecule is CCC[C@@]1(CCc2ccccc2)CC(=O)C(C(CC)c2cccc(NS(=O)(=O)c3ccc(C(F)(F)F)cn3)c2)=C(O)O1. The number of rotatable bonds is 11. The number of ether oxygens (including phenoxy) is 1. The number of benzene rings is 2. The normalized spacial score (nSPS) is 18.5. The Labute approximate surface area is 243 Å². The van der Waals surface area contributed by atoms with E-state index < -0.39 is 44.3 Å². The van der Waals surface area contributed by atoms with Crippen LogP contribution in [0.25, 0.3) is 0 Å². The maximum absolute atomic E-state index is 13.6. The first-order valence-electron chi connectivity index (χ1n) is 13.7. The van der Waals surface area contributed by atoms with Crippen molar-refractivity contribution in [2.75, 3.05) is 4.72 Å². The van der Waals surface area contributed by atoms with Gasteiger partial charge in [0.2, 0.25) is 0 Å². The van der Waals surface area contributed by atoms with Crippen molar-refractivity contribution < 1.29 is 36.2 Å². The van der Waals surface area contributed by atoms with Crippen LogP contribution in [0.3, 0.4) is 0 Å². The lowest BCUT2D eigenvalue weighted by atomic mass is 9.78. The highest BCUT2D eigenvalue weighted by atomic mass is 32.2. The number of alkyl halides is 3. The van der Waals surface area contributed by atoms with Gasteiger partial charge in [-0.3, -0.25) is 9.52 Å². The first kappa shape index (κ1) is 31.1. The molecule has 1 aliphatic heterocycles. The van der Waals surface area contributed by atoms with E-state index in [1.807, 2.05) is 44.2 Å². The molecule has 1 aliphatic rings. The number of allylic oxidation sites excluding steroid dienone is 1. The lowest BCUT2D eigenvalue weighted by Gasteiger charge is -2.38.